The second kappa shape index (κ2) is 4.28. The minimum atomic E-state index is -0.801. The van der Waals surface area contributed by atoms with Gasteiger partial charge in [-0.2, -0.15) is 0 Å². The van der Waals surface area contributed by atoms with Crippen LogP contribution in [0.4, 0.5) is 0 Å². The standard InChI is InChI=1S/C10H16N2O2/c1-6-5-8(7(2)12-6)9(11)3-4-10(13)14/h5,9,12H,3-4,11H2,1-2H3,(H,13,14). The van der Waals surface area contributed by atoms with E-state index in [1.165, 1.54) is 0 Å². The molecular formula is C10H16N2O2. The van der Waals surface area contributed by atoms with E-state index in [0.717, 1.165) is 17.0 Å². The summed E-state index contributed by atoms with van der Waals surface area (Å²) in [4.78, 5) is 13.5. The highest BCUT2D eigenvalue weighted by Gasteiger charge is 2.12. The van der Waals surface area contributed by atoms with Gasteiger partial charge in [-0.05, 0) is 31.9 Å². The first-order valence-electron chi connectivity index (χ1n) is 4.64. The van der Waals surface area contributed by atoms with E-state index in [2.05, 4.69) is 4.98 Å². The van der Waals surface area contributed by atoms with Crippen LogP contribution in [-0.4, -0.2) is 16.1 Å². The number of hydrogen-bond donors (Lipinski definition) is 3. The highest BCUT2D eigenvalue weighted by atomic mass is 16.4. The first kappa shape index (κ1) is 10.8. The molecule has 1 aromatic heterocycles. The van der Waals surface area contributed by atoms with Gasteiger partial charge in [-0.15, -0.1) is 0 Å². The molecule has 0 bridgehead atoms. The Morgan fingerprint density at radius 1 is 1.64 bits per heavy atom. The summed E-state index contributed by atoms with van der Waals surface area (Å²) in [5.41, 5.74) is 8.98. The van der Waals surface area contributed by atoms with Gasteiger partial charge in [-0.3, -0.25) is 4.79 Å². The fourth-order valence-corrected chi connectivity index (χ4v) is 1.57. The van der Waals surface area contributed by atoms with Crippen LogP contribution in [0.2, 0.25) is 0 Å². The molecule has 4 nitrogen and oxygen atoms in total. The predicted octanol–water partition coefficient (Wildman–Crippen LogP) is 1.50. The Labute approximate surface area is 83.1 Å². The molecule has 1 rings (SSSR count). The maximum atomic E-state index is 10.4. The molecule has 0 aromatic carbocycles. The number of aliphatic carboxylic acids is 1. The van der Waals surface area contributed by atoms with Crippen molar-refractivity contribution in [2.45, 2.75) is 32.7 Å². The van der Waals surface area contributed by atoms with Crippen molar-refractivity contribution in [3.63, 3.8) is 0 Å². The number of aryl methyl sites for hydroxylation is 2. The van der Waals surface area contributed by atoms with Crippen molar-refractivity contribution < 1.29 is 9.90 Å². The molecule has 4 heteroatoms. The van der Waals surface area contributed by atoms with Crippen molar-refractivity contribution in [2.75, 3.05) is 0 Å². The monoisotopic (exact) mass is 196 g/mol. The molecule has 0 fully saturated rings. The van der Waals surface area contributed by atoms with Crippen LogP contribution in [0.25, 0.3) is 0 Å². The van der Waals surface area contributed by atoms with Crippen molar-refractivity contribution in [3.05, 3.63) is 23.0 Å². The summed E-state index contributed by atoms with van der Waals surface area (Å²) in [6.45, 7) is 3.91. The number of hydrogen-bond acceptors (Lipinski definition) is 2. The van der Waals surface area contributed by atoms with Crippen molar-refractivity contribution in [1.82, 2.24) is 4.98 Å². The Kier molecular flexibility index (Phi) is 3.30. The third-order valence-corrected chi connectivity index (χ3v) is 2.26. The molecule has 0 aliphatic heterocycles. The number of nitrogens with two attached hydrogens (primary N) is 1. The summed E-state index contributed by atoms with van der Waals surface area (Å²) in [7, 11) is 0. The molecule has 0 radical (unpaired) electrons. The molecule has 0 aliphatic rings. The summed E-state index contributed by atoms with van der Waals surface area (Å²) >= 11 is 0. The Balaban J connectivity index is 2.64. The van der Waals surface area contributed by atoms with Crippen LogP contribution in [0.15, 0.2) is 6.07 Å². The molecular weight excluding hydrogens is 180 g/mol. The Bertz CT molecular complexity index is 331. The lowest BCUT2D eigenvalue weighted by Gasteiger charge is -2.09. The summed E-state index contributed by atoms with van der Waals surface area (Å²) in [6.07, 6.45) is 0.596. The number of aromatic nitrogens is 1. The number of rotatable bonds is 4. The van der Waals surface area contributed by atoms with E-state index in [1.54, 1.807) is 0 Å². The van der Waals surface area contributed by atoms with Crippen molar-refractivity contribution in [2.24, 2.45) is 5.73 Å². The molecule has 0 amide bonds. The molecule has 14 heavy (non-hydrogen) atoms. The lowest BCUT2D eigenvalue weighted by atomic mass is 10.0. The normalized spacial score (nSPS) is 12.8. The van der Waals surface area contributed by atoms with Gasteiger partial charge < -0.3 is 15.8 Å². The van der Waals surface area contributed by atoms with Crippen LogP contribution in [0.1, 0.15) is 35.8 Å². The van der Waals surface area contributed by atoms with Crippen molar-refractivity contribution in [1.29, 1.82) is 0 Å². The average Bonchev–Trinajstić information content (AvgIpc) is 2.41. The first-order valence-corrected chi connectivity index (χ1v) is 4.64. The summed E-state index contributed by atoms with van der Waals surface area (Å²) in [6, 6.07) is 1.79. The van der Waals surface area contributed by atoms with Gasteiger partial charge in [0.1, 0.15) is 0 Å². The molecule has 4 N–H and O–H groups in total. The Morgan fingerprint density at radius 2 is 2.29 bits per heavy atom. The topological polar surface area (TPSA) is 79.1 Å². The maximum absolute atomic E-state index is 10.4. The number of carboxylic acids is 1. The lowest BCUT2D eigenvalue weighted by molar-refractivity contribution is -0.137. The summed E-state index contributed by atoms with van der Waals surface area (Å²) in [5.74, 6) is -0.801. The molecule has 0 saturated carbocycles. The van der Waals surface area contributed by atoms with Crippen molar-refractivity contribution >= 4 is 5.97 Å². The minimum Gasteiger partial charge on any atom is -0.481 e. The summed E-state index contributed by atoms with van der Waals surface area (Å²) in [5, 5.41) is 8.52. The molecule has 1 unspecified atom stereocenters. The Morgan fingerprint density at radius 3 is 2.71 bits per heavy atom. The number of nitrogens with one attached hydrogen (secondary N) is 1. The average molecular weight is 196 g/mol. The lowest BCUT2D eigenvalue weighted by Crippen LogP contribution is -2.12. The molecule has 1 atom stereocenters. The largest absolute Gasteiger partial charge is 0.481 e. The smallest absolute Gasteiger partial charge is 0.303 e. The Hall–Kier alpha value is -1.29. The van der Waals surface area contributed by atoms with Gasteiger partial charge >= 0.3 is 5.97 Å². The van der Waals surface area contributed by atoms with Crippen molar-refractivity contribution in [3.8, 4) is 0 Å². The molecule has 1 aromatic rings. The van der Waals surface area contributed by atoms with E-state index in [0.29, 0.717) is 6.42 Å². The number of carboxylic acid groups (broad SMARTS) is 1. The third kappa shape index (κ3) is 2.60. The van der Waals surface area contributed by atoms with Crippen LogP contribution in [0.5, 0.6) is 0 Å². The zero-order valence-electron chi connectivity index (χ0n) is 8.50. The van der Waals surface area contributed by atoms with Gasteiger partial charge in [-0.1, -0.05) is 0 Å². The maximum Gasteiger partial charge on any atom is 0.303 e. The predicted molar refractivity (Wildman–Crippen MR) is 54.1 cm³/mol. The zero-order valence-corrected chi connectivity index (χ0v) is 8.50. The number of aromatic amines is 1. The van der Waals surface area contributed by atoms with E-state index >= 15 is 0 Å². The second-order valence-electron chi connectivity index (χ2n) is 3.57. The second-order valence-corrected chi connectivity index (χ2v) is 3.57. The minimum absolute atomic E-state index is 0.116. The molecule has 0 spiro atoms. The molecule has 0 saturated heterocycles. The molecule has 0 aliphatic carbocycles. The summed E-state index contributed by atoms with van der Waals surface area (Å²) < 4.78 is 0. The highest BCUT2D eigenvalue weighted by Crippen LogP contribution is 2.20. The quantitative estimate of drug-likeness (QED) is 0.682. The zero-order chi connectivity index (χ0) is 10.7. The third-order valence-electron chi connectivity index (χ3n) is 2.26. The number of carbonyl (C=O) groups is 1. The van der Waals surface area contributed by atoms with Gasteiger partial charge in [-0.25, -0.2) is 0 Å². The van der Waals surface area contributed by atoms with Gasteiger partial charge in [0, 0.05) is 23.9 Å². The SMILES string of the molecule is Cc1cc(C(N)CCC(=O)O)c(C)[nH]1. The van der Waals surface area contributed by atoms with E-state index < -0.39 is 5.97 Å². The van der Waals surface area contributed by atoms with Gasteiger partial charge in [0.25, 0.3) is 0 Å². The van der Waals surface area contributed by atoms with Crippen LogP contribution >= 0.6 is 0 Å². The van der Waals surface area contributed by atoms with Gasteiger partial charge in [0.15, 0.2) is 0 Å². The number of H-pyrrole nitrogens is 1. The van der Waals surface area contributed by atoms with Crippen LogP contribution < -0.4 is 5.73 Å². The van der Waals surface area contributed by atoms with E-state index in [9.17, 15) is 4.79 Å². The van der Waals surface area contributed by atoms with Crippen LogP contribution in [0, 0.1) is 13.8 Å². The van der Waals surface area contributed by atoms with Gasteiger partial charge in [0.2, 0.25) is 0 Å². The van der Waals surface area contributed by atoms with Crippen LogP contribution in [0.3, 0.4) is 0 Å². The molecule has 1 heterocycles. The van der Waals surface area contributed by atoms with E-state index in [4.69, 9.17) is 10.8 Å². The van der Waals surface area contributed by atoms with E-state index in [-0.39, 0.29) is 12.5 Å². The van der Waals surface area contributed by atoms with E-state index in [1.807, 2.05) is 19.9 Å². The first-order chi connectivity index (χ1) is 6.50. The highest BCUT2D eigenvalue weighted by molar-refractivity contribution is 5.66. The fraction of sp³-hybridized carbons (Fsp3) is 0.500. The van der Waals surface area contributed by atoms with Crippen LogP contribution in [-0.2, 0) is 4.79 Å². The van der Waals surface area contributed by atoms with Gasteiger partial charge in [0.05, 0.1) is 0 Å². The fourth-order valence-electron chi connectivity index (χ4n) is 1.57. The molecule has 78 valence electrons.